The summed E-state index contributed by atoms with van der Waals surface area (Å²) in [5.41, 5.74) is 7.73. The summed E-state index contributed by atoms with van der Waals surface area (Å²) in [6, 6.07) is 0. The van der Waals surface area contributed by atoms with Crippen LogP contribution in [-0.2, 0) is 14.3 Å². The lowest BCUT2D eigenvalue weighted by Crippen LogP contribution is -2.25. The van der Waals surface area contributed by atoms with Crippen LogP contribution in [0.25, 0.3) is 5.53 Å². The quantitative estimate of drug-likeness (QED) is 0.156. The molecule has 0 aliphatic carbocycles. The number of unbranched alkanes of at least 4 members (excludes halogenated alkanes) is 1. The van der Waals surface area contributed by atoms with E-state index in [0.717, 1.165) is 19.8 Å². The molecule has 0 aliphatic rings. The molecule has 13 heavy (non-hydrogen) atoms. The third-order valence-corrected chi connectivity index (χ3v) is 1.36. The van der Waals surface area contributed by atoms with Gasteiger partial charge in [0, 0.05) is 6.92 Å². The van der Waals surface area contributed by atoms with E-state index in [9.17, 15) is 9.59 Å². The highest BCUT2D eigenvalue weighted by Crippen LogP contribution is 1.90. The Morgan fingerprint density at radius 3 is 2.46 bits per heavy atom. The van der Waals surface area contributed by atoms with Crippen molar-refractivity contribution in [1.82, 2.24) is 0 Å². The van der Waals surface area contributed by atoms with E-state index in [4.69, 9.17) is 5.53 Å². The Balaban J connectivity index is 4.10. The minimum atomic E-state index is -0.872. The molecule has 0 fully saturated rings. The van der Waals surface area contributed by atoms with Crippen LogP contribution in [0.1, 0.15) is 26.7 Å². The van der Waals surface area contributed by atoms with E-state index < -0.39 is 17.5 Å². The van der Waals surface area contributed by atoms with Gasteiger partial charge < -0.3 is 10.3 Å². The molecule has 72 valence electrons. The van der Waals surface area contributed by atoms with Crippen LogP contribution in [-0.4, -0.2) is 28.9 Å². The lowest BCUT2D eigenvalue weighted by Gasteiger charge is -1.97. The number of carbonyl (C=O) groups is 2. The minimum absolute atomic E-state index is 0.238. The van der Waals surface area contributed by atoms with E-state index in [1.54, 1.807) is 0 Å². The molecule has 0 amide bonds. The normalized spacial score (nSPS) is 8.77. The van der Waals surface area contributed by atoms with Crippen molar-refractivity contribution in [2.45, 2.75) is 26.7 Å². The first-order valence-electron chi connectivity index (χ1n) is 4.03. The van der Waals surface area contributed by atoms with Crippen molar-refractivity contribution in [3.8, 4) is 0 Å². The summed E-state index contributed by atoms with van der Waals surface area (Å²) in [6.45, 7) is 3.32. The fraction of sp³-hybridized carbons (Fsp3) is 0.625. The van der Waals surface area contributed by atoms with Gasteiger partial charge in [-0.25, -0.2) is 4.79 Å². The second-order valence-corrected chi connectivity index (χ2v) is 2.49. The van der Waals surface area contributed by atoms with Gasteiger partial charge in [0.1, 0.15) is 0 Å². The lowest BCUT2D eigenvalue weighted by molar-refractivity contribution is -0.142. The molecule has 5 heteroatoms. The van der Waals surface area contributed by atoms with Crippen molar-refractivity contribution in [1.29, 1.82) is 0 Å². The SMILES string of the molecule is CCCCOC(=O)C(=[N+]=[N-])C(C)=O. The van der Waals surface area contributed by atoms with Gasteiger partial charge in [-0.3, -0.25) is 4.79 Å². The summed E-state index contributed by atoms with van der Waals surface area (Å²) < 4.78 is 4.65. The lowest BCUT2D eigenvalue weighted by atomic mass is 10.3. The number of hydrogen-bond acceptors (Lipinski definition) is 3. The molecule has 0 aromatic carbocycles. The number of rotatable bonds is 5. The minimum Gasteiger partial charge on any atom is -0.457 e. The molecule has 0 aromatic heterocycles. The van der Waals surface area contributed by atoms with E-state index in [1.165, 1.54) is 0 Å². The average molecular weight is 184 g/mol. The Kier molecular flexibility index (Phi) is 5.39. The van der Waals surface area contributed by atoms with Gasteiger partial charge in [0.05, 0.1) is 6.61 Å². The standard InChI is InChI=1S/C8H12N2O3/c1-3-4-5-13-8(12)7(10-9)6(2)11/h3-5H2,1-2H3. The van der Waals surface area contributed by atoms with Crippen molar-refractivity contribution < 1.29 is 19.1 Å². The predicted octanol–water partition coefficient (Wildman–Crippen LogP) is 0.590. The fourth-order valence-corrected chi connectivity index (χ4v) is 0.633. The van der Waals surface area contributed by atoms with Crippen LogP contribution in [0.3, 0.4) is 0 Å². The third kappa shape index (κ3) is 4.18. The number of carbonyl (C=O) groups excluding carboxylic acids is 2. The topological polar surface area (TPSA) is 79.8 Å². The fourth-order valence-electron chi connectivity index (χ4n) is 0.633. The van der Waals surface area contributed by atoms with Crippen LogP contribution in [0.4, 0.5) is 0 Å². The zero-order valence-electron chi connectivity index (χ0n) is 7.74. The van der Waals surface area contributed by atoms with Gasteiger partial charge in [0.2, 0.25) is 5.78 Å². The van der Waals surface area contributed by atoms with E-state index >= 15 is 0 Å². The van der Waals surface area contributed by atoms with Gasteiger partial charge in [-0.2, -0.15) is 4.79 Å². The number of ether oxygens (including phenoxy) is 1. The third-order valence-electron chi connectivity index (χ3n) is 1.36. The van der Waals surface area contributed by atoms with E-state index in [1.807, 2.05) is 6.92 Å². The Morgan fingerprint density at radius 2 is 2.08 bits per heavy atom. The number of nitrogens with zero attached hydrogens (tertiary/aromatic N) is 2. The summed E-state index contributed by atoms with van der Waals surface area (Å²) in [4.78, 5) is 24.2. The maximum atomic E-state index is 11.0. The van der Waals surface area contributed by atoms with Gasteiger partial charge in [0.25, 0.3) is 0 Å². The van der Waals surface area contributed by atoms with Gasteiger partial charge in [-0.1, -0.05) is 13.3 Å². The maximum absolute atomic E-state index is 11.0. The first kappa shape index (κ1) is 11.5. The highest BCUT2D eigenvalue weighted by molar-refractivity contribution is 6.61. The Bertz CT molecular complexity index is 254. The summed E-state index contributed by atoms with van der Waals surface area (Å²) in [7, 11) is 0. The molecule has 0 unspecified atom stereocenters. The summed E-state index contributed by atoms with van der Waals surface area (Å²) in [5, 5.41) is 0. The highest BCUT2D eigenvalue weighted by Gasteiger charge is 2.26. The van der Waals surface area contributed by atoms with Crippen LogP contribution in [0.15, 0.2) is 0 Å². The molecule has 0 atom stereocenters. The maximum Gasteiger partial charge on any atom is 0.441 e. The van der Waals surface area contributed by atoms with E-state index in [-0.39, 0.29) is 6.61 Å². The molecule has 0 heterocycles. The first-order valence-corrected chi connectivity index (χ1v) is 4.03. The summed E-state index contributed by atoms with van der Waals surface area (Å²) in [6.07, 6.45) is 1.61. The monoisotopic (exact) mass is 184 g/mol. The van der Waals surface area contributed by atoms with Crippen LogP contribution in [0.2, 0.25) is 0 Å². The smallest absolute Gasteiger partial charge is 0.441 e. The number of Topliss-reactive ketones (excluding diaryl/α,β-unsaturated/α-hetero) is 1. The van der Waals surface area contributed by atoms with Gasteiger partial charge in [-0.05, 0) is 6.42 Å². The molecule has 0 saturated heterocycles. The zero-order valence-corrected chi connectivity index (χ0v) is 7.74. The van der Waals surface area contributed by atoms with Gasteiger partial charge in [-0.15, -0.1) is 0 Å². The van der Waals surface area contributed by atoms with Crippen LogP contribution in [0, 0.1) is 0 Å². The zero-order chi connectivity index (χ0) is 10.3. The summed E-state index contributed by atoms with van der Waals surface area (Å²) in [5.74, 6) is -1.48. The van der Waals surface area contributed by atoms with Gasteiger partial charge >= 0.3 is 11.7 Å². The van der Waals surface area contributed by atoms with E-state index in [2.05, 4.69) is 9.53 Å². The average Bonchev–Trinajstić information content (AvgIpc) is 2.05. The molecule has 0 radical (unpaired) electrons. The molecular formula is C8H12N2O3. The van der Waals surface area contributed by atoms with Crippen molar-refractivity contribution in [2.24, 2.45) is 0 Å². The Labute approximate surface area is 76.3 Å². The Morgan fingerprint density at radius 1 is 1.46 bits per heavy atom. The number of esters is 1. The molecule has 5 nitrogen and oxygen atoms in total. The van der Waals surface area contributed by atoms with Crippen molar-refractivity contribution >= 4 is 17.5 Å². The largest absolute Gasteiger partial charge is 0.457 e. The van der Waals surface area contributed by atoms with Crippen LogP contribution in [0.5, 0.6) is 0 Å². The van der Waals surface area contributed by atoms with Crippen molar-refractivity contribution in [2.75, 3.05) is 6.61 Å². The Hall–Kier alpha value is -1.48. The molecule has 0 N–H and O–H groups in total. The molecule has 0 bridgehead atoms. The van der Waals surface area contributed by atoms with Crippen LogP contribution < -0.4 is 0 Å². The molecule has 0 saturated carbocycles. The second kappa shape index (κ2) is 6.08. The second-order valence-electron chi connectivity index (χ2n) is 2.49. The molecular weight excluding hydrogens is 172 g/mol. The van der Waals surface area contributed by atoms with Crippen LogP contribution >= 0.6 is 0 Å². The number of hydrogen-bond donors (Lipinski definition) is 0. The molecule has 0 aliphatic heterocycles. The van der Waals surface area contributed by atoms with Gasteiger partial charge in [0.15, 0.2) is 0 Å². The first-order chi connectivity index (χ1) is 6.13. The highest BCUT2D eigenvalue weighted by atomic mass is 16.5. The predicted molar refractivity (Wildman–Crippen MR) is 45.2 cm³/mol. The molecule has 0 aromatic rings. The molecule has 0 spiro atoms. The van der Waals surface area contributed by atoms with E-state index in [0.29, 0.717) is 0 Å². The molecule has 0 rings (SSSR count). The van der Waals surface area contributed by atoms with Crippen molar-refractivity contribution in [3.05, 3.63) is 5.53 Å². The van der Waals surface area contributed by atoms with Crippen molar-refractivity contribution in [3.63, 3.8) is 0 Å². The summed E-state index contributed by atoms with van der Waals surface area (Å²) >= 11 is 0. The number of ketones is 1.